The number of hydrogen-bond donors (Lipinski definition) is 1. The van der Waals surface area contributed by atoms with Gasteiger partial charge in [-0.1, -0.05) is 42.5 Å². The standard InChI is InChI=1S/C22H21FN2O2S/c23-17-9-4-8-16-18(12-13-28-22(16)17)25-20(26)10-5-11-21-24-14-19(27-21)15-6-2-1-3-7-15/h1-4,6-9,14,18H,5,10-13H2,(H,25,26). The number of carbonyl (C=O) groups is 1. The SMILES string of the molecule is O=C(CCCc1ncc(-c2ccccc2)o1)NC1CCSc2c(F)cccc21. The van der Waals surface area contributed by atoms with E-state index < -0.39 is 0 Å². The van der Waals surface area contributed by atoms with Crippen LogP contribution in [0.25, 0.3) is 11.3 Å². The average molecular weight is 396 g/mol. The molecule has 0 bridgehead atoms. The topological polar surface area (TPSA) is 55.1 Å². The van der Waals surface area contributed by atoms with Crippen molar-refractivity contribution in [1.82, 2.24) is 10.3 Å². The lowest BCUT2D eigenvalue weighted by molar-refractivity contribution is -0.122. The number of oxazole rings is 1. The van der Waals surface area contributed by atoms with Crippen molar-refractivity contribution in [2.45, 2.75) is 36.6 Å². The molecular formula is C22H21FN2O2S. The van der Waals surface area contributed by atoms with Crippen molar-refractivity contribution in [3.8, 4) is 11.3 Å². The molecule has 0 saturated heterocycles. The van der Waals surface area contributed by atoms with E-state index in [1.54, 1.807) is 12.3 Å². The molecule has 0 saturated carbocycles. The summed E-state index contributed by atoms with van der Waals surface area (Å²) in [7, 11) is 0. The minimum atomic E-state index is -0.209. The molecule has 144 valence electrons. The van der Waals surface area contributed by atoms with Crippen LogP contribution in [0.5, 0.6) is 0 Å². The Morgan fingerprint density at radius 2 is 2.07 bits per heavy atom. The molecule has 0 fully saturated rings. The molecule has 4 nitrogen and oxygen atoms in total. The highest BCUT2D eigenvalue weighted by Gasteiger charge is 2.24. The lowest BCUT2D eigenvalue weighted by Gasteiger charge is -2.26. The summed E-state index contributed by atoms with van der Waals surface area (Å²) in [4.78, 5) is 17.3. The number of benzene rings is 2. The van der Waals surface area contributed by atoms with Gasteiger partial charge in [0.05, 0.1) is 12.2 Å². The second kappa shape index (κ2) is 8.61. The fourth-order valence-electron chi connectivity index (χ4n) is 3.36. The largest absolute Gasteiger partial charge is 0.441 e. The number of nitrogens with one attached hydrogen (secondary N) is 1. The number of nitrogens with zero attached hydrogens (tertiary/aromatic N) is 1. The van der Waals surface area contributed by atoms with Crippen LogP contribution in [0.3, 0.4) is 0 Å². The third-order valence-electron chi connectivity index (χ3n) is 4.77. The summed E-state index contributed by atoms with van der Waals surface area (Å²) in [6, 6.07) is 14.8. The first-order chi connectivity index (χ1) is 13.7. The van der Waals surface area contributed by atoms with Crippen molar-refractivity contribution in [3.63, 3.8) is 0 Å². The molecule has 0 spiro atoms. The van der Waals surface area contributed by atoms with Crippen molar-refractivity contribution < 1.29 is 13.6 Å². The fourth-order valence-corrected chi connectivity index (χ4v) is 4.51. The van der Waals surface area contributed by atoms with Crippen LogP contribution < -0.4 is 5.32 Å². The number of halogens is 1. The first-order valence-corrected chi connectivity index (χ1v) is 10.4. The summed E-state index contributed by atoms with van der Waals surface area (Å²) < 4.78 is 19.7. The molecule has 1 unspecified atom stereocenters. The van der Waals surface area contributed by atoms with E-state index in [2.05, 4.69) is 10.3 Å². The number of rotatable bonds is 6. The van der Waals surface area contributed by atoms with Crippen LogP contribution in [-0.2, 0) is 11.2 Å². The quantitative estimate of drug-likeness (QED) is 0.626. The van der Waals surface area contributed by atoms with Crippen LogP contribution in [0.15, 0.2) is 64.0 Å². The molecule has 1 N–H and O–H groups in total. The van der Waals surface area contributed by atoms with Crippen molar-refractivity contribution in [2.24, 2.45) is 0 Å². The Morgan fingerprint density at radius 1 is 1.21 bits per heavy atom. The Balaban J connectivity index is 1.29. The second-order valence-corrected chi connectivity index (χ2v) is 7.86. The predicted octanol–water partition coefficient (Wildman–Crippen LogP) is 5.16. The van der Waals surface area contributed by atoms with Crippen LogP contribution in [0.1, 0.15) is 36.8 Å². The molecule has 1 amide bonds. The van der Waals surface area contributed by atoms with Gasteiger partial charge >= 0.3 is 0 Å². The van der Waals surface area contributed by atoms with Crippen LogP contribution >= 0.6 is 11.8 Å². The van der Waals surface area contributed by atoms with Gasteiger partial charge in [-0.05, 0) is 24.5 Å². The molecule has 28 heavy (non-hydrogen) atoms. The number of fused-ring (bicyclic) bond motifs is 1. The molecular weight excluding hydrogens is 375 g/mol. The maximum atomic E-state index is 13.9. The second-order valence-electron chi connectivity index (χ2n) is 6.75. The number of hydrogen-bond acceptors (Lipinski definition) is 4. The van der Waals surface area contributed by atoms with Crippen LogP contribution in [0.4, 0.5) is 4.39 Å². The van der Waals surface area contributed by atoms with E-state index in [4.69, 9.17) is 4.42 Å². The van der Waals surface area contributed by atoms with Crippen molar-refractivity contribution in [1.29, 1.82) is 0 Å². The number of amides is 1. The first-order valence-electron chi connectivity index (χ1n) is 9.41. The monoisotopic (exact) mass is 396 g/mol. The molecule has 0 radical (unpaired) electrons. The molecule has 1 aromatic heterocycles. The van der Waals surface area contributed by atoms with Crippen LogP contribution in [0, 0.1) is 5.82 Å². The Labute approximate surface area is 167 Å². The number of carbonyl (C=O) groups excluding carboxylic acids is 1. The van der Waals surface area contributed by atoms with E-state index in [9.17, 15) is 9.18 Å². The Hall–Kier alpha value is -2.60. The van der Waals surface area contributed by atoms with Gasteiger partial charge in [-0.2, -0.15) is 0 Å². The van der Waals surface area contributed by atoms with E-state index in [-0.39, 0.29) is 17.8 Å². The predicted molar refractivity (Wildman–Crippen MR) is 108 cm³/mol. The number of aromatic nitrogens is 1. The zero-order chi connectivity index (χ0) is 19.3. The van der Waals surface area contributed by atoms with Crippen LogP contribution in [-0.4, -0.2) is 16.6 Å². The van der Waals surface area contributed by atoms with Crippen molar-refractivity contribution >= 4 is 17.7 Å². The summed E-state index contributed by atoms with van der Waals surface area (Å²) in [5.41, 5.74) is 1.87. The first kappa shape index (κ1) is 18.7. The molecule has 1 aliphatic heterocycles. The molecule has 1 aliphatic rings. The summed E-state index contributed by atoms with van der Waals surface area (Å²) in [5, 5.41) is 3.05. The van der Waals surface area contributed by atoms with Crippen molar-refractivity contribution in [3.05, 3.63) is 72.0 Å². The van der Waals surface area contributed by atoms with Gasteiger partial charge in [0.1, 0.15) is 5.82 Å². The fraction of sp³-hybridized carbons (Fsp3) is 0.273. The van der Waals surface area contributed by atoms with Gasteiger partial charge in [-0.3, -0.25) is 4.79 Å². The van der Waals surface area contributed by atoms with Gasteiger partial charge in [0.25, 0.3) is 0 Å². The van der Waals surface area contributed by atoms with Gasteiger partial charge < -0.3 is 9.73 Å². The minimum absolute atomic E-state index is 0.0260. The maximum absolute atomic E-state index is 13.9. The third kappa shape index (κ3) is 4.28. The summed E-state index contributed by atoms with van der Waals surface area (Å²) in [5.74, 6) is 1.94. The summed E-state index contributed by atoms with van der Waals surface area (Å²) >= 11 is 1.51. The van der Waals surface area contributed by atoms with E-state index in [1.165, 1.54) is 17.8 Å². The average Bonchev–Trinajstić information content (AvgIpc) is 3.18. The normalized spacial score (nSPS) is 15.8. The molecule has 1 atom stereocenters. The molecule has 6 heteroatoms. The highest BCUT2D eigenvalue weighted by Crippen LogP contribution is 2.37. The highest BCUT2D eigenvalue weighted by atomic mass is 32.2. The molecule has 2 aromatic carbocycles. The minimum Gasteiger partial charge on any atom is -0.441 e. The third-order valence-corrected chi connectivity index (χ3v) is 5.93. The van der Waals surface area contributed by atoms with Crippen molar-refractivity contribution in [2.75, 3.05) is 5.75 Å². The van der Waals surface area contributed by atoms with E-state index >= 15 is 0 Å². The molecule has 4 rings (SSSR count). The van der Waals surface area contributed by atoms with Gasteiger partial charge in [-0.25, -0.2) is 9.37 Å². The molecule has 0 aliphatic carbocycles. The molecule has 2 heterocycles. The molecule has 3 aromatic rings. The van der Waals surface area contributed by atoms with Gasteiger partial charge in [0, 0.05) is 29.1 Å². The Kier molecular flexibility index (Phi) is 5.76. The van der Waals surface area contributed by atoms with Crippen LogP contribution in [0.2, 0.25) is 0 Å². The highest BCUT2D eigenvalue weighted by molar-refractivity contribution is 7.99. The number of aryl methyl sites for hydroxylation is 1. The smallest absolute Gasteiger partial charge is 0.220 e. The zero-order valence-corrected chi connectivity index (χ0v) is 16.2. The lowest BCUT2D eigenvalue weighted by atomic mass is 10.0. The zero-order valence-electron chi connectivity index (χ0n) is 15.4. The van der Waals surface area contributed by atoms with E-state index in [0.717, 1.165) is 29.1 Å². The Morgan fingerprint density at radius 3 is 2.93 bits per heavy atom. The van der Waals surface area contributed by atoms with Gasteiger partial charge in [0.15, 0.2) is 11.7 Å². The summed E-state index contributed by atoms with van der Waals surface area (Å²) in [6.45, 7) is 0. The lowest BCUT2D eigenvalue weighted by Crippen LogP contribution is -2.30. The van der Waals surface area contributed by atoms with Gasteiger partial charge in [0.2, 0.25) is 5.91 Å². The maximum Gasteiger partial charge on any atom is 0.220 e. The Bertz CT molecular complexity index is 958. The van der Waals surface area contributed by atoms with Gasteiger partial charge in [-0.15, -0.1) is 11.8 Å². The summed E-state index contributed by atoms with van der Waals surface area (Å²) in [6.07, 6.45) is 4.17. The van der Waals surface area contributed by atoms with E-state index in [1.807, 2.05) is 36.4 Å². The van der Waals surface area contributed by atoms with E-state index in [0.29, 0.717) is 30.0 Å². The number of thioether (sulfide) groups is 1.